The van der Waals surface area contributed by atoms with Crippen LogP contribution in [0.15, 0.2) is 24.5 Å². The lowest BCUT2D eigenvalue weighted by atomic mass is 10.2. The summed E-state index contributed by atoms with van der Waals surface area (Å²) >= 11 is 0. The molecule has 0 aromatic carbocycles. The Morgan fingerprint density at radius 3 is 2.88 bits per heavy atom. The highest BCUT2D eigenvalue weighted by Crippen LogP contribution is 2.25. The third-order valence-corrected chi connectivity index (χ3v) is 4.78. The average Bonchev–Trinajstić information content (AvgIpc) is 3.17. The molecule has 0 unspecified atom stereocenters. The summed E-state index contributed by atoms with van der Waals surface area (Å²) in [4.78, 5) is 22.8. The molecule has 1 aliphatic heterocycles. The van der Waals surface area contributed by atoms with Gasteiger partial charge in [-0.05, 0) is 25.5 Å². The zero-order valence-corrected chi connectivity index (χ0v) is 14.8. The molecule has 1 saturated heterocycles. The van der Waals surface area contributed by atoms with E-state index in [1.807, 2.05) is 30.7 Å². The van der Waals surface area contributed by atoms with Crippen LogP contribution in [-0.2, 0) is 11.8 Å². The van der Waals surface area contributed by atoms with Gasteiger partial charge in [0, 0.05) is 39.0 Å². The largest absolute Gasteiger partial charge is 0.384 e. The van der Waals surface area contributed by atoms with Crippen molar-refractivity contribution in [3.63, 3.8) is 0 Å². The van der Waals surface area contributed by atoms with Crippen LogP contribution < -0.4 is 16.0 Å². The minimum absolute atomic E-state index is 0.0846. The average molecular weight is 344 g/mol. The van der Waals surface area contributed by atoms with E-state index in [9.17, 15) is 4.79 Å². The molecule has 3 rings (SSSR count). The number of hydrogen-bond acceptors (Lipinski definition) is 6. The molecule has 2 atom stereocenters. The number of nitrogens with one attached hydrogen (secondary N) is 1. The summed E-state index contributed by atoms with van der Waals surface area (Å²) in [5, 5.41) is 3.02. The van der Waals surface area contributed by atoms with E-state index in [1.54, 1.807) is 13.2 Å². The predicted molar refractivity (Wildman–Crippen MR) is 95.5 cm³/mol. The Hall–Kier alpha value is -2.61. The van der Waals surface area contributed by atoms with E-state index in [-0.39, 0.29) is 18.1 Å². The number of ether oxygens (including phenoxy) is 1. The molecule has 1 aliphatic rings. The quantitative estimate of drug-likeness (QED) is 0.830. The Kier molecular flexibility index (Phi) is 4.89. The summed E-state index contributed by atoms with van der Waals surface area (Å²) in [5.41, 5.74) is 7.47. The second-order valence-corrected chi connectivity index (χ2v) is 6.33. The van der Waals surface area contributed by atoms with E-state index in [0.717, 1.165) is 17.9 Å². The van der Waals surface area contributed by atoms with E-state index in [1.165, 1.54) is 6.33 Å². The Labute approximate surface area is 147 Å². The van der Waals surface area contributed by atoms with Gasteiger partial charge in [0.1, 0.15) is 23.7 Å². The maximum absolute atomic E-state index is 12.5. The second kappa shape index (κ2) is 7.10. The molecule has 1 amide bonds. The van der Waals surface area contributed by atoms with Crippen LogP contribution >= 0.6 is 0 Å². The van der Waals surface area contributed by atoms with Gasteiger partial charge in [-0.1, -0.05) is 0 Å². The molecular weight excluding hydrogens is 320 g/mol. The molecule has 134 valence electrons. The zero-order valence-electron chi connectivity index (χ0n) is 14.8. The maximum Gasteiger partial charge on any atom is 0.267 e. The fourth-order valence-corrected chi connectivity index (χ4v) is 3.18. The third-order valence-electron chi connectivity index (χ3n) is 4.78. The summed E-state index contributed by atoms with van der Waals surface area (Å²) in [6.45, 7) is 3.18. The monoisotopic (exact) mass is 344 g/mol. The number of rotatable bonds is 5. The molecule has 0 saturated carbocycles. The smallest absolute Gasteiger partial charge is 0.267 e. The van der Waals surface area contributed by atoms with Gasteiger partial charge in [0.2, 0.25) is 0 Å². The van der Waals surface area contributed by atoms with Gasteiger partial charge in [-0.3, -0.25) is 4.79 Å². The molecule has 2 aromatic rings. The van der Waals surface area contributed by atoms with Crippen molar-refractivity contribution in [3.8, 4) is 0 Å². The minimum Gasteiger partial charge on any atom is -0.384 e. The van der Waals surface area contributed by atoms with Crippen LogP contribution in [0.25, 0.3) is 0 Å². The maximum atomic E-state index is 12.5. The SMILES string of the molecule is CO[C@@H]1C[C@H](CNC(=O)c2ccc(C)n2C)N(c2cc(N)ncn2)C1. The fourth-order valence-electron chi connectivity index (χ4n) is 3.18. The zero-order chi connectivity index (χ0) is 18.0. The molecule has 3 N–H and O–H groups in total. The highest BCUT2D eigenvalue weighted by Gasteiger charge is 2.33. The molecule has 1 fully saturated rings. The van der Waals surface area contributed by atoms with E-state index >= 15 is 0 Å². The van der Waals surface area contributed by atoms with Gasteiger partial charge < -0.3 is 25.3 Å². The number of nitrogens with zero attached hydrogens (tertiary/aromatic N) is 4. The number of amides is 1. The van der Waals surface area contributed by atoms with E-state index in [4.69, 9.17) is 10.5 Å². The molecule has 3 heterocycles. The van der Waals surface area contributed by atoms with Crippen LogP contribution in [0.2, 0.25) is 0 Å². The number of hydrogen-bond donors (Lipinski definition) is 2. The minimum atomic E-state index is -0.0846. The van der Waals surface area contributed by atoms with Crippen molar-refractivity contribution >= 4 is 17.5 Å². The van der Waals surface area contributed by atoms with Gasteiger partial charge in [-0.25, -0.2) is 9.97 Å². The predicted octanol–water partition coefficient (Wildman–Crippen LogP) is 0.729. The molecule has 2 aromatic heterocycles. The first kappa shape index (κ1) is 17.2. The summed E-state index contributed by atoms with van der Waals surface area (Å²) < 4.78 is 7.38. The molecule has 0 bridgehead atoms. The van der Waals surface area contributed by atoms with Crippen LogP contribution in [-0.4, -0.2) is 52.8 Å². The Balaban J connectivity index is 1.70. The van der Waals surface area contributed by atoms with Crippen molar-refractivity contribution in [1.29, 1.82) is 0 Å². The first-order valence-electron chi connectivity index (χ1n) is 8.27. The number of nitrogen functional groups attached to an aromatic ring is 1. The van der Waals surface area contributed by atoms with Gasteiger partial charge in [0.05, 0.1) is 12.1 Å². The van der Waals surface area contributed by atoms with Gasteiger partial charge in [0.15, 0.2) is 0 Å². The molecule has 8 heteroatoms. The summed E-state index contributed by atoms with van der Waals surface area (Å²) in [7, 11) is 3.58. The lowest BCUT2D eigenvalue weighted by molar-refractivity contribution is 0.0938. The Bertz CT molecular complexity index is 759. The fraction of sp³-hybridized carbons (Fsp3) is 0.471. The molecule has 0 aliphatic carbocycles. The van der Waals surface area contributed by atoms with Gasteiger partial charge in [-0.2, -0.15) is 0 Å². The standard InChI is InChI=1S/C17H24N6O2/c1-11-4-5-14(22(11)2)17(24)19-8-12-6-13(25-3)9-23(12)16-7-15(18)20-10-21-16/h4-5,7,10,12-13H,6,8-9H2,1-3H3,(H,19,24)(H2,18,20,21)/t12-,13-/m1/s1. The highest BCUT2D eigenvalue weighted by molar-refractivity contribution is 5.92. The Morgan fingerprint density at radius 2 is 2.24 bits per heavy atom. The van der Waals surface area contributed by atoms with Crippen LogP contribution in [0.5, 0.6) is 0 Å². The van der Waals surface area contributed by atoms with Crippen molar-refractivity contribution in [2.24, 2.45) is 7.05 Å². The normalized spacial score (nSPS) is 20.0. The van der Waals surface area contributed by atoms with Crippen molar-refractivity contribution in [2.75, 3.05) is 30.8 Å². The first-order valence-corrected chi connectivity index (χ1v) is 8.27. The molecule has 0 spiro atoms. The van der Waals surface area contributed by atoms with Crippen LogP contribution in [0, 0.1) is 6.92 Å². The van der Waals surface area contributed by atoms with Crippen LogP contribution in [0.1, 0.15) is 22.6 Å². The lowest BCUT2D eigenvalue weighted by Gasteiger charge is -2.25. The summed E-state index contributed by atoms with van der Waals surface area (Å²) in [6, 6.07) is 5.60. The van der Waals surface area contributed by atoms with Crippen molar-refractivity contribution in [1.82, 2.24) is 19.9 Å². The Morgan fingerprint density at radius 1 is 1.44 bits per heavy atom. The number of aryl methyl sites for hydroxylation is 1. The van der Waals surface area contributed by atoms with Crippen molar-refractivity contribution in [3.05, 3.63) is 35.9 Å². The molecule has 8 nitrogen and oxygen atoms in total. The van der Waals surface area contributed by atoms with Gasteiger partial charge in [0.25, 0.3) is 5.91 Å². The van der Waals surface area contributed by atoms with Crippen LogP contribution in [0.3, 0.4) is 0 Å². The third kappa shape index (κ3) is 3.58. The number of carbonyl (C=O) groups is 1. The number of methoxy groups -OCH3 is 1. The highest BCUT2D eigenvalue weighted by atomic mass is 16.5. The van der Waals surface area contributed by atoms with E-state index < -0.39 is 0 Å². The number of nitrogens with two attached hydrogens (primary N) is 1. The molecular formula is C17H24N6O2. The molecule has 0 radical (unpaired) electrons. The van der Waals surface area contributed by atoms with Crippen LogP contribution in [0.4, 0.5) is 11.6 Å². The first-order chi connectivity index (χ1) is 12.0. The molecule has 25 heavy (non-hydrogen) atoms. The number of aromatic nitrogens is 3. The lowest BCUT2D eigenvalue weighted by Crippen LogP contribution is -2.41. The van der Waals surface area contributed by atoms with Gasteiger partial charge in [-0.15, -0.1) is 0 Å². The van der Waals surface area contributed by atoms with Crippen molar-refractivity contribution in [2.45, 2.75) is 25.5 Å². The van der Waals surface area contributed by atoms with E-state index in [2.05, 4.69) is 20.2 Å². The summed E-state index contributed by atoms with van der Waals surface area (Å²) in [6.07, 6.45) is 2.36. The van der Waals surface area contributed by atoms with E-state index in [0.29, 0.717) is 24.6 Å². The topological polar surface area (TPSA) is 98.3 Å². The number of anilines is 2. The van der Waals surface area contributed by atoms with Crippen molar-refractivity contribution < 1.29 is 9.53 Å². The second-order valence-electron chi connectivity index (χ2n) is 6.33. The number of carbonyl (C=O) groups excluding carboxylic acids is 1. The van der Waals surface area contributed by atoms with Gasteiger partial charge >= 0.3 is 0 Å². The summed E-state index contributed by atoms with van der Waals surface area (Å²) in [5.74, 6) is 1.09.